The van der Waals surface area contributed by atoms with Crippen LogP contribution in [0, 0.1) is 13.0 Å². The molecule has 0 saturated carbocycles. The summed E-state index contributed by atoms with van der Waals surface area (Å²) in [5.74, 6) is 0. The molecule has 0 fully saturated rings. The van der Waals surface area contributed by atoms with E-state index in [0.717, 1.165) is 0 Å². The van der Waals surface area contributed by atoms with Gasteiger partial charge in [0.15, 0.2) is 0 Å². The quantitative estimate of drug-likeness (QED) is 0.501. The summed E-state index contributed by atoms with van der Waals surface area (Å²) < 4.78 is 0. The summed E-state index contributed by atoms with van der Waals surface area (Å²) in [5.41, 5.74) is 1.19. The Kier molecular flexibility index (Phi) is 6.72. The number of hydrogen-bond donors (Lipinski definition) is 0. The second-order valence-electron chi connectivity index (χ2n) is 1.71. The average molecular weight is 271 g/mol. The van der Waals surface area contributed by atoms with Crippen LogP contribution in [0.5, 0.6) is 0 Å². The van der Waals surface area contributed by atoms with Crippen molar-refractivity contribution in [1.82, 2.24) is 0 Å². The first-order chi connectivity index (χ1) is 4.79. The molecule has 0 heterocycles. The summed E-state index contributed by atoms with van der Waals surface area (Å²) in [7, 11) is 0. The van der Waals surface area contributed by atoms with E-state index in [1.54, 1.807) is 0 Å². The molecule has 0 aromatic heterocycles. The fraction of sp³-hybridized carbons (Fsp3) is 0.143. The van der Waals surface area contributed by atoms with Crippen molar-refractivity contribution < 1.29 is 16.3 Å². The van der Waals surface area contributed by atoms with E-state index in [9.17, 15) is 0 Å². The van der Waals surface area contributed by atoms with Crippen molar-refractivity contribution in [3.63, 3.8) is 0 Å². The van der Waals surface area contributed by atoms with Gasteiger partial charge in [0, 0.05) is 0 Å². The standard InChI is InChI=1S/C7H6Cl.BrH.Zn/c1-6-2-4-7(8)5-3-6;;/h2-4H,1H3;1H;/q-1;;+2/p-1. The summed E-state index contributed by atoms with van der Waals surface area (Å²) in [6.07, 6.45) is 0. The van der Waals surface area contributed by atoms with E-state index in [1.165, 1.54) is 21.9 Å². The minimum absolute atomic E-state index is 0.676. The molecule has 0 nitrogen and oxygen atoms in total. The van der Waals surface area contributed by atoms with Crippen LogP contribution in [0.1, 0.15) is 5.56 Å². The minimum atomic E-state index is 0.676. The molecule has 0 radical (unpaired) electrons. The number of rotatable bonds is 0. The Labute approximate surface area is 83.0 Å². The Morgan fingerprint density at radius 2 is 2.10 bits per heavy atom. The van der Waals surface area contributed by atoms with Crippen LogP contribution in [0.15, 0.2) is 18.2 Å². The molecular formula is C7H6BrClZn. The van der Waals surface area contributed by atoms with Crippen LogP contribution >= 0.6 is 25.2 Å². The molecule has 0 spiro atoms. The zero-order valence-electron chi connectivity index (χ0n) is 5.70. The Balaban J connectivity index is 0.000000371. The van der Waals surface area contributed by atoms with Gasteiger partial charge in [0.1, 0.15) is 0 Å². The van der Waals surface area contributed by atoms with Gasteiger partial charge in [-0.3, -0.25) is 0 Å². The van der Waals surface area contributed by atoms with Crippen LogP contribution in [0.25, 0.3) is 0 Å². The Hall–Kier alpha value is 0.613. The van der Waals surface area contributed by atoms with Crippen molar-refractivity contribution in [3.8, 4) is 0 Å². The molecule has 10 heavy (non-hydrogen) atoms. The number of benzene rings is 1. The van der Waals surface area contributed by atoms with E-state index >= 15 is 0 Å². The van der Waals surface area contributed by atoms with Gasteiger partial charge < -0.3 is 0 Å². The van der Waals surface area contributed by atoms with Gasteiger partial charge >= 0.3 is 30.0 Å². The molecule has 0 amide bonds. The predicted octanol–water partition coefficient (Wildman–Crippen LogP) is 3.29. The fourth-order valence-electron chi connectivity index (χ4n) is 0.484. The first kappa shape index (κ1) is 10.6. The molecule has 0 aliphatic rings. The van der Waals surface area contributed by atoms with Crippen molar-refractivity contribution in [2.24, 2.45) is 0 Å². The molecule has 0 bridgehead atoms. The molecule has 0 atom stereocenters. The van der Waals surface area contributed by atoms with Gasteiger partial charge in [0.25, 0.3) is 0 Å². The van der Waals surface area contributed by atoms with E-state index in [0.29, 0.717) is 5.02 Å². The second kappa shape index (κ2) is 6.33. The van der Waals surface area contributed by atoms with Gasteiger partial charge in [-0.15, -0.1) is 11.6 Å². The summed E-state index contributed by atoms with van der Waals surface area (Å²) in [6, 6.07) is 8.52. The first-order valence-electron chi connectivity index (χ1n) is 2.69. The van der Waals surface area contributed by atoms with E-state index in [-0.39, 0.29) is 0 Å². The zero-order chi connectivity index (χ0) is 7.98. The van der Waals surface area contributed by atoms with Crippen LogP contribution in [-0.4, -0.2) is 0 Å². The second-order valence-corrected chi connectivity index (χ2v) is 2.12. The van der Waals surface area contributed by atoms with Gasteiger partial charge in [0.2, 0.25) is 0 Å². The summed E-state index contributed by atoms with van der Waals surface area (Å²) in [4.78, 5) is 0. The Morgan fingerprint density at radius 3 is 2.40 bits per heavy atom. The summed E-state index contributed by atoms with van der Waals surface area (Å²) >= 11 is 9.81. The van der Waals surface area contributed by atoms with Crippen molar-refractivity contribution >= 4 is 25.2 Å². The molecule has 1 aromatic carbocycles. The van der Waals surface area contributed by atoms with Crippen molar-refractivity contribution in [1.29, 1.82) is 0 Å². The van der Waals surface area contributed by atoms with Crippen molar-refractivity contribution in [3.05, 3.63) is 34.9 Å². The van der Waals surface area contributed by atoms with Crippen molar-refractivity contribution in [2.75, 3.05) is 0 Å². The van der Waals surface area contributed by atoms with Crippen LogP contribution in [0.4, 0.5) is 0 Å². The molecule has 1 rings (SSSR count). The SMILES string of the molecule is Cc1c[c-]c(Cl)cc1.[Zn+][Br]. The van der Waals surface area contributed by atoms with E-state index in [4.69, 9.17) is 11.6 Å². The molecule has 3 heteroatoms. The average Bonchev–Trinajstić information content (AvgIpc) is 2.00. The van der Waals surface area contributed by atoms with Gasteiger partial charge in [-0.1, -0.05) is 11.9 Å². The predicted molar refractivity (Wildman–Crippen MR) is 44.0 cm³/mol. The van der Waals surface area contributed by atoms with Crippen molar-refractivity contribution in [2.45, 2.75) is 6.92 Å². The molecule has 0 unspecified atom stereocenters. The molecule has 0 saturated heterocycles. The Morgan fingerprint density at radius 1 is 1.50 bits per heavy atom. The molecule has 1 aromatic rings. The molecular weight excluding hydrogens is 265 g/mol. The maximum atomic E-state index is 5.56. The third-order valence-corrected chi connectivity index (χ3v) is 1.17. The van der Waals surface area contributed by atoms with Gasteiger partial charge in [0.05, 0.1) is 0 Å². The van der Waals surface area contributed by atoms with E-state index in [1.807, 2.05) is 25.1 Å². The van der Waals surface area contributed by atoms with Crippen LogP contribution < -0.4 is 0 Å². The van der Waals surface area contributed by atoms with Gasteiger partial charge in [-0.2, -0.15) is 29.8 Å². The van der Waals surface area contributed by atoms with Gasteiger partial charge in [-0.05, 0) is 0 Å². The number of hydrogen-bond acceptors (Lipinski definition) is 0. The van der Waals surface area contributed by atoms with E-state index in [2.05, 4.69) is 19.7 Å². The van der Waals surface area contributed by atoms with E-state index < -0.39 is 0 Å². The molecule has 0 N–H and O–H groups in total. The fourth-order valence-corrected chi connectivity index (χ4v) is 0.601. The van der Waals surface area contributed by atoms with Crippen LogP contribution in [0.3, 0.4) is 0 Å². The molecule has 50 valence electrons. The van der Waals surface area contributed by atoms with Gasteiger partial charge in [-0.25, -0.2) is 0 Å². The van der Waals surface area contributed by atoms with Crippen LogP contribution in [-0.2, 0) is 16.3 Å². The molecule has 0 aliphatic heterocycles. The third-order valence-electron chi connectivity index (χ3n) is 0.930. The third kappa shape index (κ3) is 4.43. The van der Waals surface area contributed by atoms with Crippen LogP contribution in [0.2, 0.25) is 5.02 Å². The number of aryl methyl sites for hydroxylation is 1. The normalized spacial score (nSPS) is 8.10. The topological polar surface area (TPSA) is 0 Å². The monoisotopic (exact) mass is 268 g/mol. The number of halogens is 2. The maximum absolute atomic E-state index is 5.56. The summed E-state index contributed by atoms with van der Waals surface area (Å²) in [6.45, 7) is 2.01. The Bertz CT molecular complexity index is 152. The first-order valence-corrected chi connectivity index (χ1v) is 10.0. The zero-order valence-corrected chi connectivity index (χ0v) is 11.0. The summed E-state index contributed by atoms with van der Waals surface area (Å²) in [5, 5.41) is 0.676. The molecule has 0 aliphatic carbocycles.